The first-order valence-electron chi connectivity index (χ1n) is 5.93. The Labute approximate surface area is 103 Å². The topological polar surface area (TPSA) is 52.0 Å². The summed E-state index contributed by atoms with van der Waals surface area (Å²) in [4.78, 5) is 6.22. The molecule has 4 nitrogen and oxygen atoms in total. The highest BCUT2D eigenvalue weighted by Crippen LogP contribution is 2.03. The van der Waals surface area contributed by atoms with E-state index in [1.165, 1.54) is 6.42 Å². The van der Waals surface area contributed by atoms with Crippen LogP contribution in [0.25, 0.3) is 0 Å². The number of pyridine rings is 1. The van der Waals surface area contributed by atoms with E-state index in [1.54, 1.807) is 6.20 Å². The molecule has 92 valence electrons. The molecule has 0 amide bonds. The largest absolute Gasteiger partial charge is 0.313 e. The van der Waals surface area contributed by atoms with Crippen molar-refractivity contribution in [3.63, 3.8) is 0 Å². The first-order valence-corrected chi connectivity index (χ1v) is 5.93. The van der Waals surface area contributed by atoms with Crippen molar-refractivity contribution < 1.29 is 0 Å². The van der Waals surface area contributed by atoms with Crippen LogP contribution in [0.3, 0.4) is 0 Å². The fourth-order valence-electron chi connectivity index (χ4n) is 1.58. The van der Waals surface area contributed by atoms with E-state index in [2.05, 4.69) is 35.4 Å². The van der Waals surface area contributed by atoms with Gasteiger partial charge in [0.1, 0.15) is 11.8 Å². The van der Waals surface area contributed by atoms with Gasteiger partial charge in [0.15, 0.2) is 0 Å². The van der Waals surface area contributed by atoms with Gasteiger partial charge in [0.25, 0.3) is 0 Å². The van der Waals surface area contributed by atoms with Gasteiger partial charge in [0.2, 0.25) is 0 Å². The fourth-order valence-corrected chi connectivity index (χ4v) is 1.58. The highest BCUT2D eigenvalue weighted by molar-refractivity contribution is 5.30. The van der Waals surface area contributed by atoms with Crippen LogP contribution in [0.15, 0.2) is 18.3 Å². The molecule has 1 N–H and O–H groups in total. The maximum atomic E-state index is 8.87. The molecule has 1 aromatic heterocycles. The molecule has 0 aliphatic heterocycles. The standard InChI is InChI=1S/C13H20N4/c1-17(2)9-4-3-7-15-11-12-6-5-8-16-13(12)10-14/h5-6,8,15H,3-4,7,9,11H2,1-2H3. The zero-order chi connectivity index (χ0) is 12.5. The lowest BCUT2D eigenvalue weighted by Crippen LogP contribution is -2.18. The Morgan fingerprint density at radius 1 is 1.41 bits per heavy atom. The Kier molecular flexibility index (Phi) is 6.23. The molecule has 0 aliphatic rings. The smallest absolute Gasteiger partial charge is 0.144 e. The van der Waals surface area contributed by atoms with Crippen molar-refractivity contribution in [1.29, 1.82) is 5.26 Å². The maximum Gasteiger partial charge on any atom is 0.144 e. The van der Waals surface area contributed by atoms with Gasteiger partial charge < -0.3 is 10.2 Å². The molecule has 0 unspecified atom stereocenters. The molecule has 1 rings (SSSR count). The minimum absolute atomic E-state index is 0.522. The van der Waals surface area contributed by atoms with E-state index in [9.17, 15) is 0 Å². The summed E-state index contributed by atoms with van der Waals surface area (Å²) in [6.45, 7) is 2.82. The van der Waals surface area contributed by atoms with Crippen molar-refractivity contribution in [2.24, 2.45) is 0 Å². The fraction of sp³-hybridized carbons (Fsp3) is 0.538. The summed E-state index contributed by atoms with van der Waals surface area (Å²) in [7, 11) is 4.17. The third kappa shape index (κ3) is 5.43. The third-order valence-corrected chi connectivity index (χ3v) is 2.52. The highest BCUT2D eigenvalue weighted by Gasteiger charge is 2.00. The average molecular weight is 232 g/mol. The third-order valence-electron chi connectivity index (χ3n) is 2.52. The van der Waals surface area contributed by atoms with Crippen molar-refractivity contribution in [2.45, 2.75) is 19.4 Å². The Morgan fingerprint density at radius 3 is 2.94 bits per heavy atom. The van der Waals surface area contributed by atoms with Gasteiger partial charge in [-0.05, 0) is 46.1 Å². The minimum atomic E-state index is 0.522. The van der Waals surface area contributed by atoms with E-state index >= 15 is 0 Å². The molecule has 0 saturated heterocycles. The molecule has 0 spiro atoms. The van der Waals surface area contributed by atoms with Crippen LogP contribution < -0.4 is 5.32 Å². The quantitative estimate of drug-likeness (QED) is 0.722. The Morgan fingerprint density at radius 2 is 2.24 bits per heavy atom. The van der Waals surface area contributed by atoms with Crippen LogP contribution in [0.4, 0.5) is 0 Å². The highest BCUT2D eigenvalue weighted by atomic mass is 15.0. The summed E-state index contributed by atoms with van der Waals surface area (Å²) in [5.41, 5.74) is 1.50. The predicted molar refractivity (Wildman–Crippen MR) is 68.4 cm³/mol. The van der Waals surface area contributed by atoms with E-state index in [-0.39, 0.29) is 0 Å². The molecular weight excluding hydrogens is 212 g/mol. The van der Waals surface area contributed by atoms with E-state index in [0.29, 0.717) is 5.69 Å². The number of hydrogen-bond acceptors (Lipinski definition) is 4. The zero-order valence-corrected chi connectivity index (χ0v) is 10.6. The molecule has 4 heteroatoms. The maximum absolute atomic E-state index is 8.87. The van der Waals surface area contributed by atoms with Crippen molar-refractivity contribution >= 4 is 0 Å². The van der Waals surface area contributed by atoms with Crippen LogP contribution in [0.1, 0.15) is 24.1 Å². The summed E-state index contributed by atoms with van der Waals surface area (Å²) in [5.74, 6) is 0. The predicted octanol–water partition coefficient (Wildman–Crippen LogP) is 1.38. The number of nitriles is 1. The summed E-state index contributed by atoms with van der Waals surface area (Å²) >= 11 is 0. The lowest BCUT2D eigenvalue weighted by Gasteiger charge is -2.09. The summed E-state index contributed by atoms with van der Waals surface area (Å²) in [6, 6.07) is 5.91. The van der Waals surface area contributed by atoms with Gasteiger partial charge in [0.05, 0.1) is 0 Å². The van der Waals surface area contributed by atoms with Gasteiger partial charge in [-0.15, -0.1) is 0 Å². The Balaban J connectivity index is 2.20. The molecule has 0 aromatic carbocycles. The van der Waals surface area contributed by atoms with Crippen LogP contribution in [0.5, 0.6) is 0 Å². The van der Waals surface area contributed by atoms with Crippen LogP contribution in [0, 0.1) is 11.3 Å². The molecule has 1 heterocycles. The second-order valence-corrected chi connectivity index (χ2v) is 4.31. The van der Waals surface area contributed by atoms with E-state index in [0.717, 1.165) is 31.6 Å². The molecule has 1 aromatic rings. The van der Waals surface area contributed by atoms with Gasteiger partial charge in [-0.1, -0.05) is 6.07 Å². The number of nitrogens with one attached hydrogen (secondary N) is 1. The van der Waals surface area contributed by atoms with Crippen molar-refractivity contribution in [1.82, 2.24) is 15.2 Å². The second-order valence-electron chi connectivity index (χ2n) is 4.31. The second kappa shape index (κ2) is 7.77. The Hall–Kier alpha value is -1.44. The molecule has 0 aliphatic carbocycles. The van der Waals surface area contributed by atoms with Crippen molar-refractivity contribution in [2.75, 3.05) is 27.2 Å². The van der Waals surface area contributed by atoms with Gasteiger partial charge in [-0.3, -0.25) is 0 Å². The number of hydrogen-bond donors (Lipinski definition) is 1. The molecule has 0 bridgehead atoms. The number of aromatic nitrogens is 1. The molecule has 0 atom stereocenters. The van der Waals surface area contributed by atoms with E-state index < -0.39 is 0 Å². The zero-order valence-electron chi connectivity index (χ0n) is 10.6. The first-order chi connectivity index (χ1) is 8.24. The van der Waals surface area contributed by atoms with E-state index in [4.69, 9.17) is 5.26 Å². The molecular formula is C13H20N4. The summed E-state index contributed by atoms with van der Waals surface area (Å²) in [6.07, 6.45) is 4.00. The lowest BCUT2D eigenvalue weighted by molar-refractivity contribution is 0.391. The van der Waals surface area contributed by atoms with Gasteiger partial charge in [-0.2, -0.15) is 5.26 Å². The van der Waals surface area contributed by atoms with Crippen molar-refractivity contribution in [3.8, 4) is 6.07 Å². The number of nitrogens with zero attached hydrogens (tertiary/aromatic N) is 3. The first kappa shape index (κ1) is 13.6. The normalized spacial score (nSPS) is 10.5. The molecule has 17 heavy (non-hydrogen) atoms. The van der Waals surface area contributed by atoms with Gasteiger partial charge in [0, 0.05) is 18.3 Å². The van der Waals surface area contributed by atoms with Crippen LogP contribution >= 0.6 is 0 Å². The molecule has 0 saturated carbocycles. The van der Waals surface area contributed by atoms with Gasteiger partial charge in [-0.25, -0.2) is 4.98 Å². The van der Waals surface area contributed by atoms with Crippen LogP contribution in [-0.4, -0.2) is 37.1 Å². The summed E-state index contributed by atoms with van der Waals surface area (Å²) < 4.78 is 0. The lowest BCUT2D eigenvalue weighted by atomic mass is 10.2. The van der Waals surface area contributed by atoms with E-state index in [1.807, 2.05) is 12.1 Å². The van der Waals surface area contributed by atoms with Gasteiger partial charge >= 0.3 is 0 Å². The minimum Gasteiger partial charge on any atom is -0.313 e. The van der Waals surface area contributed by atoms with Crippen LogP contribution in [-0.2, 0) is 6.54 Å². The number of rotatable bonds is 7. The van der Waals surface area contributed by atoms with Crippen molar-refractivity contribution in [3.05, 3.63) is 29.6 Å². The molecule has 0 fully saturated rings. The summed E-state index contributed by atoms with van der Waals surface area (Å²) in [5, 5.41) is 12.2. The molecule has 0 radical (unpaired) electrons. The Bertz CT molecular complexity index is 368. The monoisotopic (exact) mass is 232 g/mol. The van der Waals surface area contributed by atoms with Crippen LogP contribution in [0.2, 0.25) is 0 Å². The SMILES string of the molecule is CN(C)CCCCNCc1cccnc1C#N. The average Bonchev–Trinajstić information content (AvgIpc) is 2.33. The number of unbranched alkanes of at least 4 members (excludes halogenated alkanes) is 1.